The van der Waals surface area contributed by atoms with Gasteiger partial charge in [0.25, 0.3) is 0 Å². The molecule has 124 valence electrons. The van der Waals surface area contributed by atoms with Gasteiger partial charge in [0.2, 0.25) is 0 Å². The average molecular weight is 445 g/mol. The molecule has 0 saturated carbocycles. The lowest BCUT2D eigenvalue weighted by Gasteiger charge is -2.13. The van der Waals surface area contributed by atoms with Gasteiger partial charge in [-0.1, -0.05) is 6.07 Å². The maximum atomic E-state index is 5.70. The van der Waals surface area contributed by atoms with Gasteiger partial charge < -0.3 is 20.1 Å². The molecule has 23 heavy (non-hydrogen) atoms. The predicted octanol–water partition coefficient (Wildman–Crippen LogP) is 3.71. The summed E-state index contributed by atoms with van der Waals surface area (Å²) in [6.07, 6.45) is 0.904. The third-order valence-corrected chi connectivity index (χ3v) is 4.12. The Morgan fingerprint density at radius 3 is 2.78 bits per heavy atom. The number of guanidine groups is 1. The number of hydrogen-bond donors (Lipinski definition) is 2. The van der Waals surface area contributed by atoms with Crippen LogP contribution in [-0.4, -0.2) is 26.2 Å². The fourth-order valence-electron chi connectivity index (χ4n) is 2.14. The highest BCUT2D eigenvalue weighted by atomic mass is 127. The molecule has 5 nitrogen and oxygen atoms in total. The van der Waals surface area contributed by atoms with Crippen LogP contribution in [0.1, 0.15) is 11.3 Å². The van der Waals surface area contributed by atoms with E-state index >= 15 is 0 Å². The van der Waals surface area contributed by atoms with Crippen LogP contribution in [0, 0.1) is 0 Å². The minimum Gasteiger partial charge on any atom is -0.490 e. The number of nitrogens with one attached hydrogen (secondary N) is 2. The van der Waals surface area contributed by atoms with Gasteiger partial charge in [0, 0.05) is 30.1 Å². The van der Waals surface area contributed by atoms with Gasteiger partial charge in [-0.15, -0.1) is 35.3 Å². The molecule has 0 saturated heterocycles. The number of hydrogen-bond acceptors (Lipinski definition) is 4. The molecule has 1 aliphatic rings. The van der Waals surface area contributed by atoms with Gasteiger partial charge in [-0.2, -0.15) is 0 Å². The fraction of sp³-hybridized carbons (Fsp3) is 0.312. The molecule has 0 aliphatic carbocycles. The highest BCUT2D eigenvalue weighted by Crippen LogP contribution is 2.32. The third kappa shape index (κ3) is 5.00. The molecule has 3 rings (SSSR count). The van der Waals surface area contributed by atoms with Crippen molar-refractivity contribution in [2.45, 2.75) is 13.0 Å². The zero-order chi connectivity index (χ0) is 15.2. The smallest absolute Gasteiger partial charge is 0.195 e. The summed E-state index contributed by atoms with van der Waals surface area (Å²) in [4.78, 5) is 5.51. The Morgan fingerprint density at radius 1 is 1.22 bits per heavy atom. The van der Waals surface area contributed by atoms with Crippen molar-refractivity contribution in [2.24, 2.45) is 4.99 Å². The zero-order valence-corrected chi connectivity index (χ0v) is 16.0. The highest BCUT2D eigenvalue weighted by molar-refractivity contribution is 14.0. The monoisotopic (exact) mass is 445 g/mol. The van der Waals surface area contributed by atoms with Gasteiger partial charge in [0.05, 0.1) is 19.8 Å². The summed E-state index contributed by atoms with van der Waals surface area (Å²) >= 11 is 1.72. The number of fused-ring (bicyclic) bond motifs is 1. The number of halogens is 1. The summed E-state index contributed by atoms with van der Waals surface area (Å²) in [5.74, 6) is 2.30. The summed E-state index contributed by atoms with van der Waals surface area (Å²) < 4.78 is 11.3. The van der Waals surface area contributed by atoms with Crippen molar-refractivity contribution in [3.8, 4) is 11.5 Å². The summed E-state index contributed by atoms with van der Waals surface area (Å²) in [6.45, 7) is 2.13. The van der Waals surface area contributed by atoms with Crippen LogP contribution in [0.4, 0.5) is 5.69 Å². The first-order valence-corrected chi connectivity index (χ1v) is 8.13. The lowest BCUT2D eigenvalue weighted by molar-refractivity contribution is 0.297. The molecule has 0 amide bonds. The van der Waals surface area contributed by atoms with Crippen molar-refractivity contribution < 1.29 is 9.47 Å². The van der Waals surface area contributed by atoms with Crippen LogP contribution in [0.15, 0.2) is 40.7 Å². The summed E-state index contributed by atoms with van der Waals surface area (Å²) in [5.41, 5.74) is 0.920. The number of benzene rings is 1. The number of thiophene rings is 1. The lowest BCUT2D eigenvalue weighted by Crippen LogP contribution is -2.29. The molecule has 7 heteroatoms. The van der Waals surface area contributed by atoms with E-state index in [9.17, 15) is 0 Å². The first-order valence-electron chi connectivity index (χ1n) is 7.25. The summed E-state index contributed by atoms with van der Waals surface area (Å²) in [5, 5.41) is 8.63. The number of nitrogens with zero attached hydrogens (tertiary/aromatic N) is 1. The second-order valence-electron chi connectivity index (χ2n) is 4.84. The van der Waals surface area contributed by atoms with E-state index in [2.05, 4.69) is 27.1 Å². The Kier molecular flexibility index (Phi) is 6.97. The quantitative estimate of drug-likeness (QED) is 0.430. The first-order chi connectivity index (χ1) is 10.8. The molecule has 0 unspecified atom stereocenters. The van der Waals surface area contributed by atoms with E-state index in [4.69, 9.17) is 9.47 Å². The second-order valence-corrected chi connectivity index (χ2v) is 5.87. The molecule has 1 aromatic heterocycles. The van der Waals surface area contributed by atoms with Crippen LogP contribution in [-0.2, 0) is 6.54 Å². The van der Waals surface area contributed by atoms with E-state index in [1.54, 1.807) is 18.4 Å². The minimum atomic E-state index is 0. The topological polar surface area (TPSA) is 54.9 Å². The van der Waals surface area contributed by atoms with Gasteiger partial charge in [-0.25, -0.2) is 0 Å². The van der Waals surface area contributed by atoms with Gasteiger partial charge in [-0.3, -0.25) is 4.99 Å². The Morgan fingerprint density at radius 2 is 2.04 bits per heavy atom. The predicted molar refractivity (Wildman–Crippen MR) is 106 cm³/mol. The van der Waals surface area contributed by atoms with Crippen LogP contribution in [0.3, 0.4) is 0 Å². The Hall–Kier alpha value is -1.48. The van der Waals surface area contributed by atoms with E-state index in [1.165, 1.54) is 4.88 Å². The standard InChI is InChI=1S/C16H19N3O2S.HI/c1-17-16(18-11-13-4-2-9-22-13)19-12-5-6-14-15(10-12)21-8-3-7-20-14;/h2,4-6,9-10H,3,7-8,11H2,1H3,(H2,17,18,19);1H. The molecular formula is C16H20IN3O2S. The van der Waals surface area contributed by atoms with Crippen molar-refractivity contribution in [1.82, 2.24) is 5.32 Å². The van der Waals surface area contributed by atoms with Crippen LogP contribution in [0.5, 0.6) is 11.5 Å². The van der Waals surface area contributed by atoms with Crippen LogP contribution >= 0.6 is 35.3 Å². The van der Waals surface area contributed by atoms with Crippen molar-refractivity contribution in [1.29, 1.82) is 0 Å². The molecule has 1 aromatic carbocycles. The number of ether oxygens (including phenoxy) is 2. The van der Waals surface area contributed by atoms with Crippen LogP contribution < -0.4 is 20.1 Å². The van der Waals surface area contributed by atoms with E-state index in [0.29, 0.717) is 13.2 Å². The Bertz CT molecular complexity index is 647. The maximum absolute atomic E-state index is 5.70. The van der Waals surface area contributed by atoms with E-state index in [1.807, 2.05) is 24.3 Å². The molecule has 1 aliphatic heterocycles. The largest absolute Gasteiger partial charge is 0.490 e. The molecule has 0 spiro atoms. The van der Waals surface area contributed by atoms with Crippen molar-refractivity contribution >= 4 is 47.0 Å². The third-order valence-electron chi connectivity index (χ3n) is 3.24. The molecule has 0 bridgehead atoms. The van der Waals surface area contributed by atoms with E-state index in [0.717, 1.165) is 36.1 Å². The SMILES string of the molecule is CN=C(NCc1cccs1)Nc1ccc2c(c1)OCCCO2.I. The molecule has 0 fully saturated rings. The minimum absolute atomic E-state index is 0. The Balaban J connectivity index is 0.00000192. The van der Waals surface area contributed by atoms with Crippen LogP contribution in [0.2, 0.25) is 0 Å². The average Bonchev–Trinajstić information content (AvgIpc) is 2.95. The molecule has 0 atom stereocenters. The summed E-state index contributed by atoms with van der Waals surface area (Å²) in [6, 6.07) is 9.97. The van der Waals surface area contributed by atoms with Gasteiger partial charge in [-0.05, 0) is 23.6 Å². The van der Waals surface area contributed by atoms with Crippen molar-refractivity contribution in [3.05, 3.63) is 40.6 Å². The normalized spacial score (nSPS) is 13.7. The van der Waals surface area contributed by atoms with Crippen molar-refractivity contribution in [2.75, 3.05) is 25.6 Å². The summed E-state index contributed by atoms with van der Waals surface area (Å²) in [7, 11) is 1.76. The molecule has 2 N–H and O–H groups in total. The molecule has 2 heterocycles. The number of aliphatic imine (C=N–C) groups is 1. The first kappa shape index (κ1) is 17.9. The number of anilines is 1. The molecule has 0 radical (unpaired) electrons. The zero-order valence-electron chi connectivity index (χ0n) is 12.9. The van der Waals surface area contributed by atoms with Crippen LogP contribution in [0.25, 0.3) is 0 Å². The van der Waals surface area contributed by atoms with E-state index < -0.39 is 0 Å². The molecular weight excluding hydrogens is 425 g/mol. The van der Waals surface area contributed by atoms with Gasteiger partial charge >= 0.3 is 0 Å². The maximum Gasteiger partial charge on any atom is 0.195 e. The van der Waals surface area contributed by atoms with Gasteiger partial charge in [0.15, 0.2) is 17.5 Å². The lowest BCUT2D eigenvalue weighted by atomic mass is 10.3. The number of rotatable bonds is 3. The van der Waals surface area contributed by atoms with E-state index in [-0.39, 0.29) is 24.0 Å². The highest BCUT2D eigenvalue weighted by Gasteiger charge is 2.11. The fourth-order valence-corrected chi connectivity index (χ4v) is 2.79. The second kappa shape index (κ2) is 8.97. The molecule has 2 aromatic rings. The van der Waals surface area contributed by atoms with Gasteiger partial charge in [0.1, 0.15) is 0 Å². The van der Waals surface area contributed by atoms with Crippen molar-refractivity contribution in [3.63, 3.8) is 0 Å². The Labute approximate surface area is 157 Å².